The first kappa shape index (κ1) is 32.3. The fraction of sp³-hybridized carbons (Fsp3) is 0.0571. The Balaban J connectivity index is 0.000000180. The predicted molar refractivity (Wildman–Crippen MR) is 164 cm³/mol. The molecule has 1 radical (unpaired) electrons. The van der Waals surface area contributed by atoms with Crippen molar-refractivity contribution in [3.8, 4) is 57.9 Å². The minimum Gasteiger partial charge on any atom is -0.516 e. The minimum atomic E-state index is 0. The Morgan fingerprint density at radius 2 is 1.09 bits per heavy atom. The van der Waals surface area contributed by atoms with Gasteiger partial charge in [0.25, 0.3) is 0 Å². The van der Waals surface area contributed by atoms with Crippen LogP contribution in [0.15, 0.2) is 134 Å². The monoisotopic (exact) mass is 742 g/mol. The molecule has 0 unspecified atom stereocenters. The predicted octanol–water partition coefficient (Wildman–Crippen LogP) is 6.85. The van der Waals surface area contributed by atoms with Crippen LogP contribution in [-0.2, 0) is 19.8 Å². The summed E-state index contributed by atoms with van der Waals surface area (Å²) in [5, 5.41) is 0. The third kappa shape index (κ3) is 10.6. The Bertz CT molecular complexity index is 1520. The van der Waals surface area contributed by atoms with Gasteiger partial charge in [0.15, 0.2) is 0 Å². The van der Waals surface area contributed by atoms with Crippen molar-refractivity contribution in [2.45, 2.75) is 0 Å². The van der Waals surface area contributed by atoms with E-state index < -0.39 is 0 Å². The molecule has 213 valence electrons. The number of hydrogen-bond acceptors (Lipinski definition) is 7. The molecule has 0 amide bonds. The van der Waals surface area contributed by atoms with Gasteiger partial charge in [-0.25, -0.2) is 0 Å². The van der Waals surface area contributed by atoms with E-state index in [1.807, 2.05) is 91.0 Å². The van der Waals surface area contributed by atoms with E-state index in [1.54, 1.807) is 50.2 Å². The van der Waals surface area contributed by atoms with E-state index in [2.05, 4.69) is 36.9 Å². The summed E-state index contributed by atoms with van der Waals surface area (Å²) in [6.45, 7) is 0.241. The van der Waals surface area contributed by atoms with Crippen molar-refractivity contribution in [3.05, 3.63) is 140 Å². The Labute approximate surface area is 265 Å². The van der Waals surface area contributed by atoms with Gasteiger partial charge < -0.3 is 14.5 Å². The van der Waals surface area contributed by atoms with Gasteiger partial charge in [-0.15, -0.1) is 36.3 Å². The van der Waals surface area contributed by atoms with Crippen molar-refractivity contribution in [1.29, 1.82) is 0 Å². The van der Waals surface area contributed by atoms with Crippen molar-refractivity contribution in [3.63, 3.8) is 0 Å². The van der Waals surface area contributed by atoms with Crippen LogP contribution in [0.1, 0.15) is 0 Å². The molecule has 0 saturated heterocycles. The molecular weight excluding hydrogens is 713 g/mol. The van der Waals surface area contributed by atoms with Gasteiger partial charge in [0.05, 0.1) is 29.9 Å². The van der Waals surface area contributed by atoms with E-state index in [0.717, 1.165) is 39.8 Å². The number of rotatable bonds is 6. The van der Waals surface area contributed by atoms with Gasteiger partial charge in [0.2, 0.25) is 0 Å². The molecule has 6 rings (SSSR count). The minimum absolute atomic E-state index is 0. The van der Waals surface area contributed by atoms with E-state index in [9.17, 15) is 0 Å². The summed E-state index contributed by atoms with van der Waals surface area (Å²) < 4.78 is 10.5. The van der Waals surface area contributed by atoms with Gasteiger partial charge in [-0.1, -0.05) is 30.2 Å². The van der Waals surface area contributed by atoms with Gasteiger partial charge in [-0.05, 0) is 66.4 Å². The molecular formula is C35H28N5O2Os. The number of methoxy groups -OCH3 is 1. The van der Waals surface area contributed by atoms with Crippen LogP contribution in [0.2, 0.25) is 0 Å². The first-order valence-electron chi connectivity index (χ1n) is 13.0. The first-order chi connectivity index (χ1) is 20.8. The first-order valence-corrected chi connectivity index (χ1v) is 13.0. The van der Waals surface area contributed by atoms with Gasteiger partial charge in [0.1, 0.15) is 12.4 Å². The number of aromatic nitrogens is 5. The molecule has 8 heteroatoms. The molecule has 0 atom stereocenters. The number of ether oxygens (including phenoxy) is 2. The zero-order chi connectivity index (χ0) is 29.2. The molecule has 5 heterocycles. The van der Waals surface area contributed by atoms with Gasteiger partial charge in [-0.2, -0.15) is 0 Å². The molecule has 0 saturated carbocycles. The van der Waals surface area contributed by atoms with Crippen LogP contribution in [0.4, 0.5) is 0 Å². The number of hydrogen-bond donors (Lipinski definition) is 0. The molecule has 43 heavy (non-hydrogen) atoms. The van der Waals surface area contributed by atoms with E-state index in [4.69, 9.17) is 15.9 Å². The third-order valence-corrected chi connectivity index (χ3v) is 5.52. The van der Waals surface area contributed by atoms with Crippen LogP contribution < -0.4 is 9.47 Å². The molecule has 0 N–H and O–H groups in total. The standard InChI is InChI=1S/C15H12NO2.2C10H8N2.Os/c1-3-9-18-14-7-8-16-15(11-14)12-5-4-6-13(10-12)17-2;2*1-3-7-11-9(5-1)10-6-2-4-8-12-10;/h1,4,6-8,10-11H,9H2,2H3;2*1-8H;/q-1;;;+1. The molecule has 0 fully saturated rings. The largest absolute Gasteiger partial charge is 1.00 e. The summed E-state index contributed by atoms with van der Waals surface area (Å²) in [5.41, 5.74) is 5.27. The third-order valence-electron chi connectivity index (χ3n) is 5.52. The number of pyridine rings is 5. The Hall–Kier alpha value is -5.23. The summed E-state index contributed by atoms with van der Waals surface area (Å²) in [5.74, 6) is 3.88. The molecule has 0 aliphatic rings. The van der Waals surface area contributed by atoms with Gasteiger partial charge in [-0.3, -0.25) is 19.9 Å². The van der Waals surface area contributed by atoms with Crippen molar-refractivity contribution in [1.82, 2.24) is 24.9 Å². The smallest absolute Gasteiger partial charge is 0.516 e. The molecule has 7 nitrogen and oxygen atoms in total. The van der Waals surface area contributed by atoms with Crippen LogP contribution >= 0.6 is 0 Å². The van der Waals surface area contributed by atoms with Crippen LogP contribution in [0.3, 0.4) is 0 Å². The van der Waals surface area contributed by atoms with Crippen LogP contribution in [0.5, 0.6) is 11.5 Å². The fourth-order valence-corrected chi connectivity index (χ4v) is 3.55. The second kappa shape index (κ2) is 18.2. The summed E-state index contributed by atoms with van der Waals surface area (Å²) in [7, 11) is 1.62. The normalized spacial score (nSPS) is 9.40. The molecule has 0 aliphatic carbocycles. The molecule has 6 aromatic rings. The zero-order valence-electron chi connectivity index (χ0n) is 23.4. The van der Waals surface area contributed by atoms with E-state index >= 15 is 0 Å². The molecule has 0 bridgehead atoms. The quantitative estimate of drug-likeness (QED) is 0.137. The average Bonchev–Trinajstić information content (AvgIpc) is 3.09. The summed E-state index contributed by atoms with van der Waals surface area (Å²) in [6.07, 6.45) is 13.9. The number of nitrogens with zero attached hydrogens (tertiary/aromatic N) is 5. The van der Waals surface area contributed by atoms with Crippen molar-refractivity contribution >= 4 is 0 Å². The van der Waals surface area contributed by atoms with Crippen LogP contribution in [-0.4, -0.2) is 38.6 Å². The second-order valence-corrected chi connectivity index (χ2v) is 8.37. The Morgan fingerprint density at radius 1 is 0.605 bits per heavy atom. The van der Waals surface area contributed by atoms with Crippen LogP contribution in [0.25, 0.3) is 34.0 Å². The van der Waals surface area contributed by atoms with E-state index in [0.29, 0.717) is 5.75 Å². The van der Waals surface area contributed by atoms with E-state index in [1.165, 1.54) is 0 Å². The SMILES string of the molecule is C#CCOc1ccnc(-c2[c-]ccc(OC)c2)c1.[Os+].c1ccc(-c2ccccn2)nc1.c1ccc(-c2ccccn2)nc1. The van der Waals surface area contributed by atoms with Gasteiger partial charge in [0, 0.05) is 36.7 Å². The maximum absolute atomic E-state index is 5.35. The Kier molecular flexibility index (Phi) is 13.7. The maximum Gasteiger partial charge on any atom is 1.00 e. The summed E-state index contributed by atoms with van der Waals surface area (Å²) >= 11 is 0. The van der Waals surface area contributed by atoms with E-state index in [-0.39, 0.29) is 26.4 Å². The van der Waals surface area contributed by atoms with Crippen LogP contribution in [0, 0.1) is 18.4 Å². The zero-order valence-corrected chi connectivity index (χ0v) is 25.9. The number of terminal acetylenes is 1. The molecule has 1 aromatic carbocycles. The topological polar surface area (TPSA) is 82.9 Å². The van der Waals surface area contributed by atoms with Crippen molar-refractivity contribution in [2.24, 2.45) is 0 Å². The second-order valence-electron chi connectivity index (χ2n) is 8.37. The molecule has 0 spiro atoms. The molecule has 5 aromatic heterocycles. The van der Waals surface area contributed by atoms with Gasteiger partial charge >= 0.3 is 19.8 Å². The maximum atomic E-state index is 5.35. The summed E-state index contributed by atoms with van der Waals surface area (Å²) in [6, 6.07) is 35.4. The number of benzene rings is 1. The molecule has 0 aliphatic heterocycles. The van der Waals surface area contributed by atoms with Crippen molar-refractivity contribution in [2.75, 3.05) is 13.7 Å². The summed E-state index contributed by atoms with van der Waals surface area (Å²) in [4.78, 5) is 21.0. The van der Waals surface area contributed by atoms with Crippen molar-refractivity contribution < 1.29 is 29.3 Å². The average molecular weight is 741 g/mol. The fourth-order valence-electron chi connectivity index (χ4n) is 3.55. The Morgan fingerprint density at radius 3 is 1.51 bits per heavy atom.